The van der Waals surface area contributed by atoms with Gasteiger partial charge in [-0.05, 0) is 59.9 Å². The third kappa shape index (κ3) is 3.68. The quantitative estimate of drug-likeness (QED) is 0.501. The minimum Gasteiger partial charge on any atom is -0.486 e. The second-order valence-electron chi connectivity index (χ2n) is 5.84. The highest BCUT2D eigenvalue weighted by atomic mass is 79.9. The molecule has 3 heteroatoms. The van der Waals surface area contributed by atoms with E-state index in [1.165, 1.54) is 6.07 Å². The monoisotopic (exact) mass is 384 g/mol. The lowest BCUT2D eigenvalue weighted by molar-refractivity contribution is 0.290. The van der Waals surface area contributed by atoms with E-state index in [4.69, 9.17) is 4.74 Å². The van der Waals surface area contributed by atoms with Gasteiger partial charge in [-0.15, -0.1) is 0 Å². The molecular weight excluding hydrogens is 367 g/mol. The molecule has 24 heavy (non-hydrogen) atoms. The summed E-state index contributed by atoms with van der Waals surface area (Å²) in [6.45, 7) is 4.41. The molecule has 0 aromatic heterocycles. The van der Waals surface area contributed by atoms with Crippen LogP contribution in [0.15, 0.2) is 65.1 Å². The Morgan fingerprint density at radius 1 is 0.917 bits per heavy atom. The fourth-order valence-corrected chi connectivity index (χ4v) is 3.07. The highest BCUT2D eigenvalue weighted by Gasteiger charge is 2.10. The van der Waals surface area contributed by atoms with E-state index in [0.717, 1.165) is 32.3 Å². The molecule has 3 aromatic rings. The molecule has 0 atom stereocenters. The van der Waals surface area contributed by atoms with Crippen molar-refractivity contribution in [1.82, 2.24) is 0 Å². The molecule has 0 aliphatic heterocycles. The smallest absolute Gasteiger partial charge is 0.165 e. The molecule has 0 saturated carbocycles. The van der Waals surface area contributed by atoms with Crippen LogP contribution in [-0.4, -0.2) is 0 Å². The Balaban J connectivity index is 1.84. The van der Waals surface area contributed by atoms with Gasteiger partial charge in [-0.2, -0.15) is 0 Å². The molecule has 0 N–H and O–H groups in total. The highest BCUT2D eigenvalue weighted by Crippen LogP contribution is 2.31. The lowest BCUT2D eigenvalue weighted by Crippen LogP contribution is -1.97. The number of hydrogen-bond acceptors (Lipinski definition) is 1. The first-order valence-electron chi connectivity index (χ1n) is 7.78. The summed E-state index contributed by atoms with van der Waals surface area (Å²) in [6, 6.07) is 19.0. The van der Waals surface area contributed by atoms with Crippen molar-refractivity contribution < 1.29 is 9.13 Å². The Hall–Kier alpha value is -2.13. The maximum Gasteiger partial charge on any atom is 0.165 e. The number of aryl methyl sites for hydroxylation is 2. The van der Waals surface area contributed by atoms with Gasteiger partial charge in [-0.25, -0.2) is 4.39 Å². The maximum absolute atomic E-state index is 14.4. The summed E-state index contributed by atoms with van der Waals surface area (Å²) in [5.41, 5.74) is 5.13. The molecular formula is C21H18BrFO. The van der Waals surface area contributed by atoms with Gasteiger partial charge in [0.1, 0.15) is 6.61 Å². The average molecular weight is 385 g/mol. The summed E-state index contributed by atoms with van der Waals surface area (Å²) in [4.78, 5) is 0. The van der Waals surface area contributed by atoms with Gasteiger partial charge in [0.15, 0.2) is 11.6 Å². The second kappa shape index (κ2) is 7.18. The summed E-state index contributed by atoms with van der Waals surface area (Å²) in [6.07, 6.45) is 0. The summed E-state index contributed by atoms with van der Waals surface area (Å²) in [5, 5.41) is 0. The van der Waals surface area contributed by atoms with Crippen molar-refractivity contribution >= 4 is 15.9 Å². The van der Waals surface area contributed by atoms with Gasteiger partial charge >= 0.3 is 0 Å². The van der Waals surface area contributed by atoms with Crippen molar-refractivity contribution in [2.45, 2.75) is 20.5 Å². The van der Waals surface area contributed by atoms with E-state index in [2.05, 4.69) is 28.1 Å². The van der Waals surface area contributed by atoms with Gasteiger partial charge in [0.2, 0.25) is 0 Å². The molecule has 0 spiro atoms. The predicted octanol–water partition coefficient (Wildman–Crippen LogP) is 6.45. The number of hydrogen-bond donors (Lipinski definition) is 0. The Bertz CT molecular complexity index is 859. The first-order chi connectivity index (χ1) is 11.5. The molecule has 0 bridgehead atoms. The van der Waals surface area contributed by atoms with Crippen molar-refractivity contribution in [2.24, 2.45) is 0 Å². The minimum atomic E-state index is -0.344. The molecule has 122 valence electrons. The molecule has 0 fully saturated rings. The van der Waals surface area contributed by atoms with Crippen LogP contribution in [0, 0.1) is 19.7 Å². The van der Waals surface area contributed by atoms with Gasteiger partial charge in [0.05, 0.1) is 0 Å². The van der Waals surface area contributed by atoms with Crippen LogP contribution in [0.25, 0.3) is 11.1 Å². The number of halogens is 2. The zero-order chi connectivity index (χ0) is 17.1. The zero-order valence-corrected chi connectivity index (χ0v) is 15.2. The van der Waals surface area contributed by atoms with Crippen molar-refractivity contribution in [3.8, 4) is 16.9 Å². The van der Waals surface area contributed by atoms with Gasteiger partial charge < -0.3 is 4.74 Å². The molecule has 0 unspecified atom stereocenters. The largest absolute Gasteiger partial charge is 0.486 e. The van der Waals surface area contributed by atoms with E-state index >= 15 is 0 Å². The lowest BCUT2D eigenvalue weighted by Gasteiger charge is -2.12. The fourth-order valence-electron chi connectivity index (χ4n) is 2.61. The van der Waals surface area contributed by atoms with Crippen LogP contribution in [-0.2, 0) is 6.61 Å². The van der Waals surface area contributed by atoms with Crippen molar-refractivity contribution in [1.29, 1.82) is 0 Å². The molecule has 0 aliphatic rings. The van der Waals surface area contributed by atoms with Crippen LogP contribution in [0.3, 0.4) is 0 Å². The van der Waals surface area contributed by atoms with Gasteiger partial charge in [0.25, 0.3) is 0 Å². The van der Waals surface area contributed by atoms with Crippen molar-refractivity contribution in [2.75, 3.05) is 0 Å². The topological polar surface area (TPSA) is 9.23 Å². The van der Waals surface area contributed by atoms with E-state index in [0.29, 0.717) is 6.61 Å². The average Bonchev–Trinajstić information content (AvgIpc) is 2.58. The Morgan fingerprint density at radius 2 is 1.67 bits per heavy atom. The Labute approximate surface area is 150 Å². The zero-order valence-electron chi connectivity index (χ0n) is 13.6. The first kappa shape index (κ1) is 16.7. The number of rotatable bonds is 4. The molecule has 0 radical (unpaired) electrons. The predicted molar refractivity (Wildman–Crippen MR) is 99.8 cm³/mol. The molecule has 0 saturated heterocycles. The van der Waals surface area contributed by atoms with Crippen LogP contribution >= 0.6 is 15.9 Å². The molecule has 0 heterocycles. The fraction of sp³-hybridized carbons (Fsp3) is 0.143. The SMILES string of the molecule is Cc1cc(-c2ccc(OCc3ccccc3)c(F)c2)c(C)cc1Br. The summed E-state index contributed by atoms with van der Waals surface area (Å²) in [7, 11) is 0. The summed E-state index contributed by atoms with van der Waals surface area (Å²) < 4.78 is 21.1. The summed E-state index contributed by atoms with van der Waals surface area (Å²) >= 11 is 3.53. The van der Waals surface area contributed by atoms with Crippen molar-refractivity contribution in [3.05, 3.63) is 87.6 Å². The van der Waals surface area contributed by atoms with Crippen LogP contribution in [0.4, 0.5) is 4.39 Å². The summed E-state index contributed by atoms with van der Waals surface area (Å²) in [5.74, 6) is -0.0718. The molecule has 3 rings (SSSR count). The van der Waals surface area contributed by atoms with E-state index in [9.17, 15) is 4.39 Å². The van der Waals surface area contributed by atoms with Crippen LogP contribution < -0.4 is 4.74 Å². The van der Waals surface area contributed by atoms with Crippen molar-refractivity contribution in [3.63, 3.8) is 0 Å². The van der Waals surface area contributed by atoms with E-state index < -0.39 is 0 Å². The van der Waals surface area contributed by atoms with Crippen LogP contribution in [0.2, 0.25) is 0 Å². The first-order valence-corrected chi connectivity index (χ1v) is 8.57. The van der Waals surface area contributed by atoms with Crippen LogP contribution in [0.1, 0.15) is 16.7 Å². The molecule has 1 nitrogen and oxygen atoms in total. The van der Waals surface area contributed by atoms with E-state index in [1.807, 2.05) is 50.2 Å². The highest BCUT2D eigenvalue weighted by molar-refractivity contribution is 9.10. The van der Waals surface area contributed by atoms with Gasteiger partial charge in [0, 0.05) is 4.47 Å². The third-order valence-electron chi connectivity index (χ3n) is 3.99. The number of ether oxygens (including phenoxy) is 1. The molecule has 0 amide bonds. The van der Waals surface area contributed by atoms with Gasteiger partial charge in [-0.3, -0.25) is 0 Å². The Morgan fingerprint density at radius 3 is 2.38 bits per heavy atom. The second-order valence-corrected chi connectivity index (χ2v) is 6.69. The van der Waals surface area contributed by atoms with Gasteiger partial charge in [-0.1, -0.05) is 58.4 Å². The normalized spacial score (nSPS) is 10.7. The number of benzene rings is 3. The standard InChI is InChI=1S/C21H18BrFO/c1-14-11-19(22)15(2)10-18(14)17-8-9-21(20(23)12-17)24-13-16-6-4-3-5-7-16/h3-12H,13H2,1-2H3. The Kier molecular flexibility index (Phi) is 5.00. The molecule has 0 aliphatic carbocycles. The lowest BCUT2D eigenvalue weighted by atomic mass is 9.98. The maximum atomic E-state index is 14.4. The third-order valence-corrected chi connectivity index (χ3v) is 4.84. The minimum absolute atomic E-state index is 0.272. The molecule has 3 aromatic carbocycles. The van der Waals surface area contributed by atoms with E-state index in [1.54, 1.807) is 6.07 Å². The van der Waals surface area contributed by atoms with E-state index in [-0.39, 0.29) is 11.6 Å². The van der Waals surface area contributed by atoms with Crippen LogP contribution in [0.5, 0.6) is 5.75 Å².